The Morgan fingerprint density at radius 1 is 0.938 bits per heavy atom. The van der Waals surface area contributed by atoms with Gasteiger partial charge in [0.2, 0.25) is 20.0 Å². The standard InChI is InChI=1S/C20H26BrN3O6S2/c1-29-14-9-22-31(25,26)18-7-8-20(30-2)19(15-18)23-10-12-24(13-11-23)32(27,28)17-5-3-16(21)4-6-17/h3-8,15,22H,9-14H2,1-2H3. The Hall–Kier alpha value is -1.70. The molecule has 1 aliphatic rings. The zero-order valence-electron chi connectivity index (χ0n) is 17.8. The summed E-state index contributed by atoms with van der Waals surface area (Å²) in [4.78, 5) is 2.27. The van der Waals surface area contributed by atoms with Crippen LogP contribution in [0.25, 0.3) is 0 Å². The van der Waals surface area contributed by atoms with Crippen LogP contribution in [0.5, 0.6) is 5.75 Å². The summed E-state index contributed by atoms with van der Waals surface area (Å²) in [7, 11) is -4.31. The van der Waals surface area contributed by atoms with E-state index in [2.05, 4.69) is 20.7 Å². The summed E-state index contributed by atoms with van der Waals surface area (Å²) in [6.07, 6.45) is 0. The molecule has 176 valence electrons. The second-order valence-corrected chi connectivity index (χ2v) is 11.7. The number of piperazine rings is 1. The predicted octanol–water partition coefficient (Wildman–Crippen LogP) is 1.89. The Kier molecular flexibility index (Phi) is 8.17. The van der Waals surface area contributed by atoms with E-state index in [9.17, 15) is 16.8 Å². The molecule has 0 saturated carbocycles. The van der Waals surface area contributed by atoms with E-state index in [1.54, 1.807) is 36.4 Å². The van der Waals surface area contributed by atoms with Crippen LogP contribution in [-0.4, -0.2) is 74.7 Å². The van der Waals surface area contributed by atoms with E-state index in [4.69, 9.17) is 9.47 Å². The molecule has 1 aliphatic heterocycles. The number of benzene rings is 2. The largest absolute Gasteiger partial charge is 0.495 e. The fraction of sp³-hybridized carbons (Fsp3) is 0.400. The van der Waals surface area contributed by atoms with Crippen LogP contribution in [0.2, 0.25) is 0 Å². The molecule has 3 rings (SSSR count). The zero-order chi connectivity index (χ0) is 23.4. The lowest BCUT2D eigenvalue weighted by Gasteiger charge is -2.36. The van der Waals surface area contributed by atoms with Crippen molar-refractivity contribution in [3.8, 4) is 5.75 Å². The molecule has 1 saturated heterocycles. The molecule has 0 aliphatic carbocycles. The average Bonchev–Trinajstić information content (AvgIpc) is 2.79. The summed E-state index contributed by atoms with van der Waals surface area (Å²) < 4.78 is 66.1. The lowest BCUT2D eigenvalue weighted by molar-refractivity contribution is 0.204. The first-order valence-corrected chi connectivity index (χ1v) is 13.6. The van der Waals surface area contributed by atoms with Crippen molar-refractivity contribution in [1.29, 1.82) is 0 Å². The van der Waals surface area contributed by atoms with E-state index in [1.807, 2.05) is 4.90 Å². The SMILES string of the molecule is COCCNS(=O)(=O)c1ccc(OC)c(N2CCN(S(=O)(=O)c3ccc(Br)cc3)CC2)c1. The number of sulfonamides is 2. The summed E-state index contributed by atoms with van der Waals surface area (Å²) >= 11 is 3.31. The van der Waals surface area contributed by atoms with Gasteiger partial charge in [0.15, 0.2) is 0 Å². The average molecular weight is 548 g/mol. The molecule has 2 aromatic rings. The Morgan fingerprint density at radius 3 is 2.16 bits per heavy atom. The number of rotatable bonds is 9. The number of anilines is 1. The maximum Gasteiger partial charge on any atom is 0.243 e. The van der Waals surface area contributed by atoms with Gasteiger partial charge in [-0.3, -0.25) is 0 Å². The van der Waals surface area contributed by atoms with Crippen LogP contribution < -0.4 is 14.4 Å². The fourth-order valence-electron chi connectivity index (χ4n) is 3.37. The van der Waals surface area contributed by atoms with Crippen molar-refractivity contribution in [1.82, 2.24) is 9.03 Å². The highest BCUT2D eigenvalue weighted by atomic mass is 79.9. The van der Waals surface area contributed by atoms with Gasteiger partial charge in [-0.05, 0) is 42.5 Å². The predicted molar refractivity (Wildman–Crippen MR) is 125 cm³/mol. The minimum atomic E-state index is -3.71. The van der Waals surface area contributed by atoms with Gasteiger partial charge in [-0.15, -0.1) is 0 Å². The summed E-state index contributed by atoms with van der Waals surface area (Å²) in [6, 6.07) is 11.2. The highest BCUT2D eigenvalue weighted by molar-refractivity contribution is 9.10. The molecule has 9 nitrogen and oxygen atoms in total. The summed E-state index contributed by atoms with van der Waals surface area (Å²) in [5, 5.41) is 0. The van der Waals surface area contributed by atoms with E-state index in [-0.39, 0.29) is 36.0 Å². The molecule has 0 unspecified atom stereocenters. The molecule has 32 heavy (non-hydrogen) atoms. The minimum absolute atomic E-state index is 0.106. The van der Waals surface area contributed by atoms with Crippen molar-refractivity contribution < 1.29 is 26.3 Å². The highest BCUT2D eigenvalue weighted by Gasteiger charge is 2.30. The molecule has 0 spiro atoms. The Bertz CT molecular complexity index is 1130. The smallest absolute Gasteiger partial charge is 0.243 e. The third-order valence-corrected chi connectivity index (χ3v) is 8.99. The van der Waals surface area contributed by atoms with Gasteiger partial charge in [-0.25, -0.2) is 21.6 Å². The van der Waals surface area contributed by atoms with E-state index >= 15 is 0 Å². The lowest BCUT2D eigenvalue weighted by atomic mass is 10.2. The number of halogens is 1. The van der Waals surface area contributed by atoms with Crippen molar-refractivity contribution in [3.63, 3.8) is 0 Å². The molecule has 0 radical (unpaired) electrons. The second-order valence-electron chi connectivity index (χ2n) is 7.07. The minimum Gasteiger partial charge on any atom is -0.495 e. The van der Waals surface area contributed by atoms with Gasteiger partial charge in [-0.1, -0.05) is 15.9 Å². The van der Waals surface area contributed by atoms with Crippen LogP contribution in [-0.2, 0) is 24.8 Å². The van der Waals surface area contributed by atoms with Crippen LogP contribution in [0.3, 0.4) is 0 Å². The van der Waals surface area contributed by atoms with Crippen LogP contribution >= 0.6 is 15.9 Å². The maximum absolute atomic E-state index is 12.9. The normalized spacial score (nSPS) is 15.7. The zero-order valence-corrected chi connectivity index (χ0v) is 21.0. The third kappa shape index (κ3) is 5.61. The molecule has 12 heteroatoms. The molecule has 1 heterocycles. The Labute approximate surface area is 197 Å². The quantitative estimate of drug-likeness (QED) is 0.478. The molecule has 1 fully saturated rings. The van der Waals surface area contributed by atoms with Crippen LogP contribution in [0.1, 0.15) is 0 Å². The molecule has 1 N–H and O–H groups in total. The van der Waals surface area contributed by atoms with Gasteiger partial charge >= 0.3 is 0 Å². The van der Waals surface area contributed by atoms with Gasteiger partial charge in [0, 0.05) is 44.3 Å². The van der Waals surface area contributed by atoms with Crippen molar-refractivity contribution in [2.75, 3.05) is 58.5 Å². The van der Waals surface area contributed by atoms with Gasteiger partial charge < -0.3 is 14.4 Å². The first kappa shape index (κ1) is 24.9. The molecule has 0 aromatic heterocycles. The molecular formula is C20H26BrN3O6S2. The third-order valence-electron chi connectivity index (χ3n) is 5.09. The van der Waals surface area contributed by atoms with E-state index in [1.165, 1.54) is 24.6 Å². The number of hydrogen-bond acceptors (Lipinski definition) is 7. The lowest BCUT2D eigenvalue weighted by Crippen LogP contribution is -2.48. The number of nitrogens with zero attached hydrogens (tertiary/aromatic N) is 2. The molecule has 0 amide bonds. The van der Waals surface area contributed by atoms with E-state index < -0.39 is 20.0 Å². The van der Waals surface area contributed by atoms with E-state index in [0.717, 1.165) is 4.47 Å². The van der Waals surface area contributed by atoms with Crippen molar-refractivity contribution in [2.24, 2.45) is 0 Å². The van der Waals surface area contributed by atoms with Crippen LogP contribution in [0, 0.1) is 0 Å². The molecule has 0 atom stereocenters. The van der Waals surface area contributed by atoms with Gasteiger partial charge in [0.05, 0.1) is 29.2 Å². The fourth-order valence-corrected chi connectivity index (χ4v) is 6.09. The molecule has 2 aromatic carbocycles. The first-order chi connectivity index (χ1) is 15.2. The van der Waals surface area contributed by atoms with Crippen molar-refractivity contribution in [2.45, 2.75) is 9.79 Å². The second kappa shape index (κ2) is 10.5. The van der Waals surface area contributed by atoms with Crippen molar-refractivity contribution in [3.05, 3.63) is 46.9 Å². The Morgan fingerprint density at radius 2 is 1.56 bits per heavy atom. The van der Waals surface area contributed by atoms with Crippen LogP contribution in [0.15, 0.2) is 56.7 Å². The van der Waals surface area contributed by atoms with Crippen molar-refractivity contribution >= 4 is 41.7 Å². The van der Waals surface area contributed by atoms with Gasteiger partial charge in [-0.2, -0.15) is 4.31 Å². The first-order valence-electron chi connectivity index (χ1n) is 9.86. The number of methoxy groups -OCH3 is 2. The number of nitrogens with one attached hydrogen (secondary N) is 1. The summed E-state index contributed by atoms with van der Waals surface area (Å²) in [6.45, 7) is 1.75. The van der Waals surface area contributed by atoms with Gasteiger partial charge in [0.25, 0.3) is 0 Å². The van der Waals surface area contributed by atoms with E-state index in [0.29, 0.717) is 24.5 Å². The monoisotopic (exact) mass is 547 g/mol. The summed E-state index contributed by atoms with van der Waals surface area (Å²) in [5.41, 5.74) is 0.600. The molecular weight excluding hydrogens is 522 g/mol. The molecule has 0 bridgehead atoms. The topological polar surface area (TPSA) is 105 Å². The Balaban J connectivity index is 1.77. The number of hydrogen-bond donors (Lipinski definition) is 1. The van der Waals surface area contributed by atoms with Gasteiger partial charge in [0.1, 0.15) is 5.75 Å². The maximum atomic E-state index is 12.9. The number of ether oxygens (including phenoxy) is 2. The van der Waals surface area contributed by atoms with Crippen LogP contribution in [0.4, 0.5) is 5.69 Å². The highest BCUT2D eigenvalue weighted by Crippen LogP contribution is 2.32. The summed E-state index contributed by atoms with van der Waals surface area (Å²) in [5.74, 6) is 0.519.